The Morgan fingerprint density at radius 3 is 2.70 bits per heavy atom. The van der Waals surface area contributed by atoms with Crippen LogP contribution in [0, 0.1) is 0 Å². The Bertz CT molecular complexity index is 639. The van der Waals surface area contributed by atoms with E-state index >= 15 is 0 Å². The molecule has 0 aliphatic carbocycles. The molecule has 2 aromatic carbocycles. The van der Waals surface area contributed by atoms with Gasteiger partial charge in [0.2, 0.25) is 0 Å². The minimum Gasteiger partial charge on any atom is -0.376 e. The predicted molar refractivity (Wildman–Crippen MR) is 93.8 cm³/mol. The molecule has 0 bridgehead atoms. The summed E-state index contributed by atoms with van der Waals surface area (Å²) in [7, 11) is 0. The SMILES string of the molecule is O=C(NCC1CCCO1)c1ccccc1SCc1ccccc1. The van der Waals surface area contributed by atoms with E-state index in [4.69, 9.17) is 4.74 Å². The molecule has 1 atom stereocenters. The Kier molecular flexibility index (Phi) is 5.72. The van der Waals surface area contributed by atoms with Crippen LogP contribution in [0.3, 0.4) is 0 Å². The highest BCUT2D eigenvalue weighted by Gasteiger charge is 2.17. The molecule has 0 aromatic heterocycles. The number of nitrogens with one attached hydrogen (secondary N) is 1. The van der Waals surface area contributed by atoms with Crippen LogP contribution in [0.2, 0.25) is 0 Å². The highest BCUT2D eigenvalue weighted by molar-refractivity contribution is 7.98. The number of ether oxygens (including phenoxy) is 1. The summed E-state index contributed by atoms with van der Waals surface area (Å²) in [5.41, 5.74) is 2.00. The third-order valence-corrected chi connectivity index (χ3v) is 5.03. The van der Waals surface area contributed by atoms with E-state index < -0.39 is 0 Å². The van der Waals surface area contributed by atoms with Crippen LogP contribution >= 0.6 is 11.8 Å². The lowest BCUT2D eigenvalue weighted by atomic mass is 10.2. The normalized spacial score (nSPS) is 17.1. The van der Waals surface area contributed by atoms with Gasteiger partial charge in [0.25, 0.3) is 5.91 Å². The van der Waals surface area contributed by atoms with E-state index in [9.17, 15) is 4.79 Å². The average Bonchev–Trinajstić information content (AvgIpc) is 3.12. The van der Waals surface area contributed by atoms with Gasteiger partial charge in [-0.2, -0.15) is 0 Å². The molecule has 23 heavy (non-hydrogen) atoms. The van der Waals surface area contributed by atoms with Crippen molar-refractivity contribution in [3.05, 3.63) is 65.7 Å². The summed E-state index contributed by atoms with van der Waals surface area (Å²) >= 11 is 1.69. The number of hydrogen-bond donors (Lipinski definition) is 1. The number of rotatable bonds is 6. The molecule has 0 saturated carbocycles. The molecule has 1 unspecified atom stereocenters. The van der Waals surface area contributed by atoms with Gasteiger partial charge in [-0.15, -0.1) is 11.8 Å². The summed E-state index contributed by atoms with van der Waals surface area (Å²) in [5.74, 6) is 0.841. The summed E-state index contributed by atoms with van der Waals surface area (Å²) in [4.78, 5) is 13.5. The van der Waals surface area contributed by atoms with Gasteiger partial charge in [-0.05, 0) is 30.5 Å². The standard InChI is InChI=1S/C19H21NO2S/c21-19(20-13-16-9-6-12-22-16)17-10-4-5-11-18(17)23-14-15-7-2-1-3-8-15/h1-5,7-8,10-11,16H,6,9,12-14H2,(H,20,21). The molecule has 1 aliphatic heterocycles. The summed E-state index contributed by atoms with van der Waals surface area (Å²) < 4.78 is 5.55. The Morgan fingerprint density at radius 1 is 1.13 bits per heavy atom. The van der Waals surface area contributed by atoms with Gasteiger partial charge in [-0.3, -0.25) is 4.79 Å². The largest absolute Gasteiger partial charge is 0.376 e. The van der Waals surface area contributed by atoms with Crippen LogP contribution in [0.15, 0.2) is 59.5 Å². The molecular weight excluding hydrogens is 306 g/mol. The van der Waals surface area contributed by atoms with Gasteiger partial charge < -0.3 is 10.1 Å². The molecule has 1 saturated heterocycles. The number of carbonyl (C=O) groups excluding carboxylic acids is 1. The fourth-order valence-electron chi connectivity index (χ4n) is 2.62. The maximum atomic E-state index is 12.5. The zero-order valence-corrected chi connectivity index (χ0v) is 13.9. The van der Waals surface area contributed by atoms with Gasteiger partial charge in [0, 0.05) is 23.8 Å². The zero-order chi connectivity index (χ0) is 15.9. The van der Waals surface area contributed by atoms with Crippen molar-refractivity contribution in [3.63, 3.8) is 0 Å². The van der Waals surface area contributed by atoms with E-state index in [1.807, 2.05) is 42.5 Å². The van der Waals surface area contributed by atoms with Crippen molar-refractivity contribution in [2.45, 2.75) is 29.6 Å². The Morgan fingerprint density at radius 2 is 1.91 bits per heavy atom. The predicted octanol–water partition coefficient (Wildman–Crippen LogP) is 3.89. The second kappa shape index (κ2) is 8.18. The monoisotopic (exact) mass is 327 g/mol. The topological polar surface area (TPSA) is 38.3 Å². The van der Waals surface area contributed by atoms with Crippen molar-refractivity contribution in [2.24, 2.45) is 0 Å². The summed E-state index contributed by atoms with van der Waals surface area (Å²) in [6, 6.07) is 18.1. The van der Waals surface area contributed by atoms with Gasteiger partial charge in [0.05, 0.1) is 11.7 Å². The number of amides is 1. The highest BCUT2D eigenvalue weighted by Crippen LogP contribution is 2.26. The molecule has 0 spiro atoms. The number of carbonyl (C=O) groups is 1. The first-order chi connectivity index (χ1) is 11.3. The molecule has 1 amide bonds. The molecule has 3 nitrogen and oxygen atoms in total. The Labute approximate surface area is 141 Å². The first-order valence-corrected chi connectivity index (χ1v) is 8.97. The molecule has 3 rings (SSSR count). The fourth-order valence-corrected chi connectivity index (χ4v) is 3.63. The molecule has 1 heterocycles. The van der Waals surface area contributed by atoms with E-state index in [1.54, 1.807) is 11.8 Å². The van der Waals surface area contributed by atoms with Gasteiger partial charge in [0.15, 0.2) is 0 Å². The van der Waals surface area contributed by atoms with Crippen molar-refractivity contribution < 1.29 is 9.53 Å². The lowest BCUT2D eigenvalue weighted by Gasteiger charge is -2.13. The van der Waals surface area contributed by atoms with Gasteiger partial charge in [-0.1, -0.05) is 42.5 Å². The zero-order valence-electron chi connectivity index (χ0n) is 13.0. The second-order valence-corrected chi connectivity index (χ2v) is 6.63. The van der Waals surface area contributed by atoms with Crippen LogP contribution < -0.4 is 5.32 Å². The average molecular weight is 327 g/mol. The van der Waals surface area contributed by atoms with Crippen LogP contribution in [0.1, 0.15) is 28.8 Å². The quantitative estimate of drug-likeness (QED) is 0.818. The second-order valence-electron chi connectivity index (χ2n) is 5.62. The van der Waals surface area contributed by atoms with E-state index in [2.05, 4.69) is 17.4 Å². The van der Waals surface area contributed by atoms with Crippen LogP contribution in [0.25, 0.3) is 0 Å². The summed E-state index contributed by atoms with van der Waals surface area (Å²) in [5, 5.41) is 3.00. The lowest BCUT2D eigenvalue weighted by molar-refractivity contribution is 0.0855. The third-order valence-electron chi connectivity index (χ3n) is 3.88. The van der Waals surface area contributed by atoms with Crippen LogP contribution in [-0.2, 0) is 10.5 Å². The fraction of sp³-hybridized carbons (Fsp3) is 0.316. The van der Waals surface area contributed by atoms with Gasteiger partial charge in [0.1, 0.15) is 0 Å². The molecule has 1 aliphatic rings. The number of hydrogen-bond acceptors (Lipinski definition) is 3. The highest BCUT2D eigenvalue weighted by atomic mass is 32.2. The maximum Gasteiger partial charge on any atom is 0.252 e. The van der Waals surface area contributed by atoms with E-state index in [0.717, 1.165) is 35.7 Å². The third kappa shape index (κ3) is 4.60. The Hall–Kier alpha value is -1.78. The number of benzene rings is 2. The molecule has 0 radical (unpaired) electrons. The molecule has 4 heteroatoms. The first kappa shape index (κ1) is 16.1. The van der Waals surface area contributed by atoms with Gasteiger partial charge in [-0.25, -0.2) is 0 Å². The molecule has 2 aromatic rings. The molecule has 1 N–H and O–H groups in total. The molecule has 120 valence electrons. The van der Waals surface area contributed by atoms with E-state index in [-0.39, 0.29) is 12.0 Å². The maximum absolute atomic E-state index is 12.5. The van der Waals surface area contributed by atoms with Crippen LogP contribution in [0.4, 0.5) is 0 Å². The lowest BCUT2D eigenvalue weighted by Crippen LogP contribution is -2.32. The van der Waals surface area contributed by atoms with Crippen molar-refractivity contribution in [1.82, 2.24) is 5.32 Å². The smallest absolute Gasteiger partial charge is 0.252 e. The van der Waals surface area contributed by atoms with Crippen LogP contribution in [-0.4, -0.2) is 25.2 Å². The Balaban J connectivity index is 1.61. The van der Waals surface area contributed by atoms with E-state index in [0.29, 0.717) is 6.54 Å². The summed E-state index contributed by atoms with van der Waals surface area (Å²) in [6.45, 7) is 1.40. The summed E-state index contributed by atoms with van der Waals surface area (Å²) in [6.07, 6.45) is 2.29. The van der Waals surface area contributed by atoms with Crippen molar-refractivity contribution in [2.75, 3.05) is 13.2 Å². The van der Waals surface area contributed by atoms with Crippen LogP contribution in [0.5, 0.6) is 0 Å². The molecular formula is C19H21NO2S. The minimum atomic E-state index is -0.0170. The molecule has 1 fully saturated rings. The van der Waals surface area contributed by atoms with Gasteiger partial charge >= 0.3 is 0 Å². The minimum absolute atomic E-state index is 0.0170. The number of thioether (sulfide) groups is 1. The van der Waals surface area contributed by atoms with Crippen molar-refractivity contribution in [3.8, 4) is 0 Å². The van der Waals surface area contributed by atoms with E-state index in [1.165, 1.54) is 5.56 Å². The van der Waals surface area contributed by atoms with Crippen molar-refractivity contribution >= 4 is 17.7 Å². The van der Waals surface area contributed by atoms with Crippen molar-refractivity contribution in [1.29, 1.82) is 0 Å². The first-order valence-electron chi connectivity index (χ1n) is 7.98.